The molecule has 0 atom stereocenters. The van der Waals surface area contributed by atoms with Crippen molar-refractivity contribution in [2.45, 2.75) is 18.9 Å². The van der Waals surface area contributed by atoms with E-state index in [4.69, 9.17) is 23.2 Å². The van der Waals surface area contributed by atoms with E-state index in [1.54, 1.807) is 12.3 Å². The lowest BCUT2D eigenvalue weighted by molar-refractivity contribution is -0.139. The summed E-state index contributed by atoms with van der Waals surface area (Å²) in [5.41, 5.74) is 1.02. The number of aromatic nitrogens is 1. The van der Waals surface area contributed by atoms with Crippen molar-refractivity contribution in [1.29, 1.82) is 0 Å². The first-order valence-corrected chi connectivity index (χ1v) is 11.3. The highest BCUT2D eigenvalue weighted by molar-refractivity contribution is 7.11. The predicted octanol–water partition coefficient (Wildman–Crippen LogP) is 3.05. The van der Waals surface area contributed by atoms with Crippen LogP contribution in [-0.4, -0.2) is 76.8 Å². The minimum absolute atomic E-state index is 0.0207. The number of benzene rings is 1. The Bertz CT molecular complexity index is 879. The van der Waals surface area contributed by atoms with E-state index in [0.717, 1.165) is 31.7 Å². The van der Waals surface area contributed by atoms with Crippen LogP contribution in [0.5, 0.6) is 0 Å². The minimum atomic E-state index is 0.0207. The van der Waals surface area contributed by atoms with E-state index in [2.05, 4.69) is 9.88 Å². The second-order valence-corrected chi connectivity index (χ2v) is 9.08. The number of carbonyl (C=O) groups is 2. The number of nitrogens with zero attached hydrogens (tertiary/aromatic N) is 4. The number of rotatable bonds is 5. The molecular weight excluding hydrogens is 431 g/mol. The molecule has 2 fully saturated rings. The molecule has 6 nitrogen and oxygen atoms in total. The smallest absolute Gasteiger partial charge is 0.282 e. The van der Waals surface area contributed by atoms with Gasteiger partial charge in [-0.3, -0.25) is 14.5 Å². The molecule has 0 bridgehead atoms. The summed E-state index contributed by atoms with van der Waals surface area (Å²) >= 11 is 13.3. The Morgan fingerprint density at radius 1 is 1.07 bits per heavy atom. The SMILES string of the molecule is O=C(CCc1ccc(Cl)c(Cl)c1)N1CC(N2CCN(C(=O)c3nccs3)CC2)C1. The van der Waals surface area contributed by atoms with Gasteiger partial charge >= 0.3 is 0 Å². The molecule has 2 aliphatic heterocycles. The predicted molar refractivity (Wildman–Crippen MR) is 115 cm³/mol. The Morgan fingerprint density at radius 3 is 2.48 bits per heavy atom. The van der Waals surface area contributed by atoms with Crippen molar-refractivity contribution in [1.82, 2.24) is 19.7 Å². The van der Waals surface area contributed by atoms with Crippen LogP contribution in [0.3, 0.4) is 0 Å². The first-order valence-electron chi connectivity index (χ1n) is 9.66. The summed E-state index contributed by atoms with van der Waals surface area (Å²) in [4.78, 5) is 35.1. The zero-order chi connectivity index (χ0) is 20.4. The average Bonchev–Trinajstić information content (AvgIpc) is 3.22. The number of carbonyl (C=O) groups excluding carboxylic acids is 2. The lowest BCUT2D eigenvalue weighted by atomic mass is 10.0. The van der Waals surface area contributed by atoms with Crippen molar-refractivity contribution in [3.63, 3.8) is 0 Å². The third-order valence-corrected chi connectivity index (χ3v) is 7.06. The molecular formula is C20H22Cl2N4O2S. The molecule has 9 heteroatoms. The summed E-state index contributed by atoms with van der Waals surface area (Å²) in [7, 11) is 0. The van der Waals surface area contributed by atoms with Gasteiger partial charge in [-0.05, 0) is 24.1 Å². The van der Waals surface area contributed by atoms with Crippen LogP contribution in [0.2, 0.25) is 10.0 Å². The van der Waals surface area contributed by atoms with Crippen LogP contribution in [-0.2, 0) is 11.2 Å². The van der Waals surface area contributed by atoms with Crippen LogP contribution in [0.1, 0.15) is 21.8 Å². The van der Waals surface area contributed by atoms with Crippen molar-refractivity contribution in [2.24, 2.45) is 0 Å². The van der Waals surface area contributed by atoms with Gasteiger partial charge < -0.3 is 9.80 Å². The molecule has 0 radical (unpaired) electrons. The van der Waals surface area contributed by atoms with E-state index in [0.29, 0.717) is 47.0 Å². The van der Waals surface area contributed by atoms with Crippen molar-refractivity contribution in [3.05, 3.63) is 50.4 Å². The Hall–Kier alpha value is -1.67. The molecule has 2 saturated heterocycles. The number of hydrogen-bond acceptors (Lipinski definition) is 5. The van der Waals surface area contributed by atoms with Crippen LogP contribution >= 0.6 is 34.5 Å². The van der Waals surface area contributed by atoms with E-state index in [-0.39, 0.29) is 11.8 Å². The maximum Gasteiger partial charge on any atom is 0.282 e. The number of hydrogen-bond donors (Lipinski definition) is 0. The molecule has 2 aromatic rings. The largest absolute Gasteiger partial charge is 0.339 e. The Balaban J connectivity index is 1.19. The number of halogens is 2. The molecule has 1 aromatic heterocycles. The van der Waals surface area contributed by atoms with Crippen LogP contribution in [0, 0.1) is 0 Å². The molecule has 29 heavy (non-hydrogen) atoms. The molecule has 2 aliphatic rings. The minimum Gasteiger partial charge on any atom is -0.339 e. The van der Waals surface area contributed by atoms with Gasteiger partial charge in [-0.1, -0.05) is 29.3 Å². The van der Waals surface area contributed by atoms with Gasteiger partial charge in [0.05, 0.1) is 10.0 Å². The fraction of sp³-hybridized carbons (Fsp3) is 0.450. The molecule has 2 amide bonds. The van der Waals surface area contributed by atoms with Gasteiger partial charge in [0.25, 0.3) is 5.91 Å². The van der Waals surface area contributed by atoms with Gasteiger partial charge in [0.15, 0.2) is 5.01 Å². The molecule has 3 heterocycles. The molecule has 4 rings (SSSR count). The summed E-state index contributed by atoms with van der Waals surface area (Å²) in [5, 5.41) is 3.43. The van der Waals surface area contributed by atoms with Crippen molar-refractivity contribution >= 4 is 46.4 Å². The lowest BCUT2D eigenvalue weighted by Gasteiger charge is -2.48. The van der Waals surface area contributed by atoms with Gasteiger partial charge in [0.1, 0.15) is 0 Å². The van der Waals surface area contributed by atoms with Gasteiger partial charge in [-0.15, -0.1) is 11.3 Å². The third kappa shape index (κ3) is 4.74. The zero-order valence-corrected chi connectivity index (χ0v) is 18.2. The third-order valence-electron chi connectivity index (χ3n) is 5.56. The highest BCUT2D eigenvalue weighted by atomic mass is 35.5. The fourth-order valence-electron chi connectivity index (χ4n) is 3.75. The maximum atomic E-state index is 12.4. The second kappa shape index (κ2) is 9.00. The highest BCUT2D eigenvalue weighted by Crippen LogP contribution is 2.24. The van der Waals surface area contributed by atoms with Gasteiger partial charge in [-0.2, -0.15) is 0 Å². The maximum absolute atomic E-state index is 12.4. The van der Waals surface area contributed by atoms with Crippen molar-refractivity contribution < 1.29 is 9.59 Å². The van der Waals surface area contributed by atoms with Crippen LogP contribution in [0.15, 0.2) is 29.8 Å². The van der Waals surface area contributed by atoms with Gasteiger partial charge in [0, 0.05) is 63.3 Å². The topological polar surface area (TPSA) is 56.8 Å². The summed E-state index contributed by atoms with van der Waals surface area (Å²) in [6, 6.07) is 5.89. The second-order valence-electron chi connectivity index (χ2n) is 7.37. The molecule has 154 valence electrons. The summed E-state index contributed by atoms with van der Waals surface area (Å²) < 4.78 is 0. The molecule has 0 aliphatic carbocycles. The van der Waals surface area contributed by atoms with Crippen molar-refractivity contribution in [2.75, 3.05) is 39.3 Å². The van der Waals surface area contributed by atoms with Crippen LogP contribution in [0.25, 0.3) is 0 Å². The number of amides is 2. The molecule has 1 aromatic carbocycles. The summed E-state index contributed by atoms with van der Waals surface area (Å²) in [5.74, 6) is 0.192. The highest BCUT2D eigenvalue weighted by Gasteiger charge is 2.36. The van der Waals surface area contributed by atoms with Gasteiger partial charge in [0.2, 0.25) is 5.91 Å². The number of thiazole rings is 1. The van der Waals surface area contributed by atoms with Crippen LogP contribution in [0.4, 0.5) is 0 Å². The molecule has 0 saturated carbocycles. The van der Waals surface area contributed by atoms with E-state index >= 15 is 0 Å². The number of aryl methyl sites for hydroxylation is 1. The van der Waals surface area contributed by atoms with E-state index in [1.807, 2.05) is 27.3 Å². The Labute approximate surface area is 184 Å². The summed E-state index contributed by atoms with van der Waals surface area (Å²) in [6.07, 6.45) is 2.80. The monoisotopic (exact) mass is 452 g/mol. The Kier molecular flexibility index (Phi) is 6.39. The fourth-order valence-corrected chi connectivity index (χ4v) is 4.67. The van der Waals surface area contributed by atoms with Crippen LogP contribution < -0.4 is 0 Å². The van der Waals surface area contributed by atoms with E-state index in [1.165, 1.54) is 11.3 Å². The van der Waals surface area contributed by atoms with E-state index < -0.39 is 0 Å². The molecule has 0 spiro atoms. The van der Waals surface area contributed by atoms with Gasteiger partial charge in [-0.25, -0.2) is 4.98 Å². The van der Waals surface area contributed by atoms with E-state index in [9.17, 15) is 9.59 Å². The number of piperazine rings is 1. The first kappa shape index (κ1) is 20.6. The molecule has 0 unspecified atom stereocenters. The first-order chi connectivity index (χ1) is 14.0. The zero-order valence-electron chi connectivity index (χ0n) is 15.9. The lowest BCUT2D eigenvalue weighted by Crippen LogP contribution is -2.64. The normalized spacial score (nSPS) is 18.0. The number of likely N-dealkylation sites (tertiary alicyclic amines) is 1. The van der Waals surface area contributed by atoms with Crippen molar-refractivity contribution in [3.8, 4) is 0 Å². The molecule has 0 N–H and O–H groups in total. The Morgan fingerprint density at radius 2 is 1.83 bits per heavy atom. The summed E-state index contributed by atoms with van der Waals surface area (Å²) in [6.45, 7) is 4.63. The quantitative estimate of drug-likeness (QED) is 0.699. The standard InChI is InChI=1S/C20H22Cl2N4O2S/c21-16-3-1-14(11-17(16)22)2-4-18(27)26-12-15(13-26)24-6-8-25(9-7-24)20(28)19-23-5-10-29-19/h1,3,5,10-11,15H,2,4,6-9,12-13H2. The average molecular weight is 453 g/mol.